The van der Waals surface area contributed by atoms with Gasteiger partial charge in [0.05, 0.1) is 0 Å². The maximum atomic E-state index is 12.7. The highest BCUT2D eigenvalue weighted by atomic mass is 16.1. The predicted molar refractivity (Wildman–Crippen MR) is 113 cm³/mol. The maximum absolute atomic E-state index is 12.7. The Morgan fingerprint density at radius 1 is 1.07 bits per heavy atom. The van der Waals surface area contributed by atoms with Crippen molar-refractivity contribution >= 4 is 16.8 Å². The molecule has 2 heterocycles. The number of fused-ring (bicyclic) bond motifs is 2. The van der Waals surface area contributed by atoms with Crippen LogP contribution in [0, 0.1) is 0 Å². The zero-order valence-corrected chi connectivity index (χ0v) is 16.2. The SMILES string of the molecule is O=C(NCc1c[nH]c2ccccc12)c1ccc2c(c1)CCN(C1CCC1)CC2. The molecule has 3 aromatic rings. The summed E-state index contributed by atoms with van der Waals surface area (Å²) >= 11 is 0. The van der Waals surface area contributed by atoms with Crippen LogP contribution < -0.4 is 5.32 Å². The Kier molecular flexibility index (Phi) is 4.65. The first kappa shape index (κ1) is 17.5. The van der Waals surface area contributed by atoms with Crippen LogP contribution in [0.15, 0.2) is 48.7 Å². The highest BCUT2D eigenvalue weighted by molar-refractivity contribution is 5.94. The Morgan fingerprint density at radius 2 is 1.89 bits per heavy atom. The molecule has 0 atom stereocenters. The van der Waals surface area contributed by atoms with Crippen molar-refractivity contribution in [1.29, 1.82) is 0 Å². The summed E-state index contributed by atoms with van der Waals surface area (Å²) in [5.41, 5.74) is 5.76. The molecule has 4 heteroatoms. The van der Waals surface area contributed by atoms with E-state index in [-0.39, 0.29) is 5.91 Å². The number of aromatic amines is 1. The fourth-order valence-electron chi connectivity index (χ4n) is 4.56. The van der Waals surface area contributed by atoms with Crippen molar-refractivity contribution in [3.63, 3.8) is 0 Å². The van der Waals surface area contributed by atoms with Gasteiger partial charge in [0.1, 0.15) is 0 Å². The van der Waals surface area contributed by atoms with Gasteiger partial charge in [0, 0.05) is 48.3 Å². The van der Waals surface area contributed by atoms with E-state index in [9.17, 15) is 4.79 Å². The molecule has 28 heavy (non-hydrogen) atoms. The lowest BCUT2D eigenvalue weighted by molar-refractivity contribution is 0.0951. The van der Waals surface area contributed by atoms with Crippen LogP contribution in [-0.4, -0.2) is 34.9 Å². The minimum atomic E-state index is 0.00757. The minimum absolute atomic E-state index is 0.00757. The number of nitrogens with zero attached hydrogens (tertiary/aromatic N) is 1. The van der Waals surface area contributed by atoms with Gasteiger partial charge in [0.15, 0.2) is 0 Å². The van der Waals surface area contributed by atoms with Crippen LogP contribution in [0.2, 0.25) is 0 Å². The van der Waals surface area contributed by atoms with E-state index in [0.29, 0.717) is 6.54 Å². The first-order valence-corrected chi connectivity index (χ1v) is 10.5. The van der Waals surface area contributed by atoms with E-state index in [2.05, 4.69) is 39.5 Å². The van der Waals surface area contributed by atoms with Crippen molar-refractivity contribution in [2.24, 2.45) is 0 Å². The molecule has 0 spiro atoms. The number of H-pyrrole nitrogens is 1. The van der Waals surface area contributed by atoms with E-state index < -0.39 is 0 Å². The lowest BCUT2D eigenvalue weighted by atomic mass is 9.91. The van der Waals surface area contributed by atoms with Crippen molar-refractivity contribution in [3.05, 3.63) is 70.9 Å². The van der Waals surface area contributed by atoms with Gasteiger partial charge in [0.25, 0.3) is 5.91 Å². The van der Waals surface area contributed by atoms with E-state index >= 15 is 0 Å². The van der Waals surface area contributed by atoms with E-state index in [1.165, 1.54) is 35.8 Å². The molecule has 0 unspecified atom stereocenters. The van der Waals surface area contributed by atoms with Crippen molar-refractivity contribution < 1.29 is 4.79 Å². The summed E-state index contributed by atoms with van der Waals surface area (Å²) in [7, 11) is 0. The van der Waals surface area contributed by atoms with Gasteiger partial charge in [-0.15, -0.1) is 0 Å². The Hall–Kier alpha value is -2.59. The number of carbonyl (C=O) groups excluding carboxylic acids is 1. The number of carbonyl (C=O) groups is 1. The van der Waals surface area contributed by atoms with Crippen LogP contribution in [0.3, 0.4) is 0 Å². The topological polar surface area (TPSA) is 48.1 Å². The summed E-state index contributed by atoms with van der Waals surface area (Å²) in [5, 5.41) is 4.26. The molecule has 1 saturated carbocycles. The summed E-state index contributed by atoms with van der Waals surface area (Å²) in [4.78, 5) is 18.7. The molecule has 0 bridgehead atoms. The second-order valence-corrected chi connectivity index (χ2v) is 8.15. The molecule has 0 radical (unpaired) electrons. The Labute approximate surface area is 165 Å². The Balaban J connectivity index is 1.26. The van der Waals surface area contributed by atoms with Crippen LogP contribution in [0.1, 0.15) is 46.3 Å². The summed E-state index contributed by atoms with van der Waals surface area (Å²) in [6.45, 7) is 2.82. The van der Waals surface area contributed by atoms with Crippen molar-refractivity contribution in [2.75, 3.05) is 13.1 Å². The molecule has 1 aromatic heterocycles. The highest BCUT2D eigenvalue weighted by Gasteiger charge is 2.26. The lowest BCUT2D eigenvalue weighted by Crippen LogP contribution is -2.41. The van der Waals surface area contributed by atoms with E-state index in [1.54, 1.807) is 0 Å². The number of para-hydroxylation sites is 1. The molecule has 1 fully saturated rings. The average Bonchev–Trinajstić information content (AvgIpc) is 2.99. The number of amides is 1. The van der Waals surface area contributed by atoms with Crippen LogP contribution in [0.5, 0.6) is 0 Å². The lowest BCUT2D eigenvalue weighted by Gasteiger charge is -2.36. The van der Waals surface area contributed by atoms with Crippen LogP contribution in [-0.2, 0) is 19.4 Å². The number of hydrogen-bond donors (Lipinski definition) is 2. The van der Waals surface area contributed by atoms with Gasteiger partial charge in [-0.3, -0.25) is 9.69 Å². The fraction of sp³-hybridized carbons (Fsp3) is 0.375. The number of hydrogen-bond acceptors (Lipinski definition) is 2. The van der Waals surface area contributed by atoms with Gasteiger partial charge in [0.2, 0.25) is 0 Å². The van der Waals surface area contributed by atoms with Gasteiger partial charge in [-0.25, -0.2) is 0 Å². The van der Waals surface area contributed by atoms with E-state index in [0.717, 1.165) is 48.6 Å². The average molecular weight is 374 g/mol. The molecule has 1 amide bonds. The number of aromatic nitrogens is 1. The van der Waals surface area contributed by atoms with Crippen molar-refractivity contribution in [3.8, 4) is 0 Å². The van der Waals surface area contributed by atoms with Gasteiger partial charge in [-0.1, -0.05) is 30.7 Å². The Morgan fingerprint density at radius 3 is 2.71 bits per heavy atom. The Bertz CT molecular complexity index is 1000. The highest BCUT2D eigenvalue weighted by Crippen LogP contribution is 2.27. The van der Waals surface area contributed by atoms with Crippen LogP contribution in [0.25, 0.3) is 10.9 Å². The zero-order chi connectivity index (χ0) is 18.9. The van der Waals surface area contributed by atoms with Crippen LogP contribution >= 0.6 is 0 Å². The van der Waals surface area contributed by atoms with Gasteiger partial charge in [-0.2, -0.15) is 0 Å². The first-order valence-electron chi connectivity index (χ1n) is 10.5. The molecule has 5 rings (SSSR count). The second kappa shape index (κ2) is 7.44. The van der Waals surface area contributed by atoms with E-state index in [4.69, 9.17) is 0 Å². The third-order valence-corrected chi connectivity index (χ3v) is 6.51. The van der Waals surface area contributed by atoms with Gasteiger partial charge in [-0.05, 0) is 60.6 Å². The molecule has 2 aliphatic rings. The zero-order valence-electron chi connectivity index (χ0n) is 16.2. The fourth-order valence-corrected chi connectivity index (χ4v) is 4.56. The molecular formula is C24H27N3O. The maximum Gasteiger partial charge on any atom is 0.251 e. The van der Waals surface area contributed by atoms with Crippen molar-refractivity contribution in [1.82, 2.24) is 15.2 Å². The normalized spacial score (nSPS) is 17.7. The van der Waals surface area contributed by atoms with Gasteiger partial charge < -0.3 is 10.3 Å². The molecule has 1 aliphatic heterocycles. The molecule has 2 aromatic carbocycles. The number of nitrogens with one attached hydrogen (secondary N) is 2. The second-order valence-electron chi connectivity index (χ2n) is 8.15. The number of rotatable bonds is 4. The molecule has 2 N–H and O–H groups in total. The molecular weight excluding hydrogens is 346 g/mol. The quantitative estimate of drug-likeness (QED) is 0.725. The summed E-state index contributed by atoms with van der Waals surface area (Å²) in [6, 6.07) is 15.3. The first-order chi connectivity index (χ1) is 13.8. The third kappa shape index (κ3) is 3.33. The molecule has 4 nitrogen and oxygen atoms in total. The largest absolute Gasteiger partial charge is 0.361 e. The summed E-state index contributed by atoms with van der Waals surface area (Å²) in [5.74, 6) is 0.00757. The summed E-state index contributed by atoms with van der Waals surface area (Å²) in [6.07, 6.45) is 8.24. The predicted octanol–water partition coefficient (Wildman–Crippen LogP) is 4.05. The smallest absolute Gasteiger partial charge is 0.251 e. The summed E-state index contributed by atoms with van der Waals surface area (Å²) < 4.78 is 0. The van der Waals surface area contributed by atoms with Crippen LogP contribution in [0.4, 0.5) is 0 Å². The standard InChI is InChI=1S/C24H27N3O/c28-24(26-16-20-15-25-23-7-2-1-6-22(20)23)19-9-8-17-10-12-27(21-4-3-5-21)13-11-18(17)14-19/h1-2,6-9,14-15,21,25H,3-5,10-13,16H2,(H,26,28). The monoisotopic (exact) mass is 373 g/mol. The van der Waals surface area contributed by atoms with Crippen molar-refractivity contribution in [2.45, 2.75) is 44.7 Å². The minimum Gasteiger partial charge on any atom is -0.361 e. The van der Waals surface area contributed by atoms with E-state index in [1.807, 2.05) is 24.4 Å². The van der Waals surface area contributed by atoms with Gasteiger partial charge >= 0.3 is 0 Å². The molecule has 0 saturated heterocycles. The molecule has 144 valence electrons. The molecule has 1 aliphatic carbocycles. The third-order valence-electron chi connectivity index (χ3n) is 6.51. The number of benzene rings is 2.